The van der Waals surface area contributed by atoms with Crippen LogP contribution in [0.3, 0.4) is 0 Å². The third-order valence-electron chi connectivity index (χ3n) is 5.21. The van der Waals surface area contributed by atoms with E-state index in [1.54, 1.807) is 0 Å². The van der Waals surface area contributed by atoms with Gasteiger partial charge in [-0.3, -0.25) is 9.36 Å². The Hall–Kier alpha value is -2.50. The van der Waals surface area contributed by atoms with Gasteiger partial charge in [0, 0.05) is 0 Å². The van der Waals surface area contributed by atoms with Crippen LogP contribution in [0.5, 0.6) is 0 Å². The third-order valence-corrected chi connectivity index (χ3v) is 5.21. The van der Waals surface area contributed by atoms with E-state index in [1.807, 2.05) is 47.0 Å². The SMILES string of the molecule is C[C@@H](c1nc2ccccc2c(=O)n1Cc1ccccc1)[NH+]1CCOCC1. The molecule has 5 nitrogen and oxygen atoms in total. The minimum Gasteiger partial charge on any atom is -0.370 e. The van der Waals surface area contributed by atoms with Gasteiger partial charge in [0.1, 0.15) is 19.1 Å². The zero-order chi connectivity index (χ0) is 17.9. The summed E-state index contributed by atoms with van der Waals surface area (Å²) in [7, 11) is 0. The van der Waals surface area contributed by atoms with Crippen LogP contribution in [0, 0.1) is 0 Å². The normalized spacial score (nSPS) is 16.7. The van der Waals surface area contributed by atoms with Gasteiger partial charge in [-0.15, -0.1) is 0 Å². The Labute approximate surface area is 152 Å². The fourth-order valence-electron chi connectivity index (χ4n) is 3.68. The van der Waals surface area contributed by atoms with Crippen molar-refractivity contribution in [2.45, 2.75) is 19.5 Å². The maximum absolute atomic E-state index is 13.2. The number of hydrogen-bond donors (Lipinski definition) is 1. The molecule has 1 aliphatic heterocycles. The van der Waals surface area contributed by atoms with Gasteiger partial charge in [0.05, 0.1) is 30.7 Å². The number of ether oxygens (including phenoxy) is 1. The molecular formula is C21H24N3O2+. The molecule has 1 atom stereocenters. The summed E-state index contributed by atoms with van der Waals surface area (Å²) in [6, 6.07) is 17.9. The van der Waals surface area contributed by atoms with Gasteiger partial charge in [-0.25, -0.2) is 4.98 Å². The van der Waals surface area contributed by atoms with E-state index in [1.165, 1.54) is 4.90 Å². The maximum Gasteiger partial charge on any atom is 0.261 e. The Kier molecular flexibility index (Phi) is 4.82. The number of fused-ring (bicyclic) bond motifs is 1. The molecular weight excluding hydrogens is 326 g/mol. The Balaban J connectivity index is 1.83. The van der Waals surface area contributed by atoms with Gasteiger partial charge in [0.15, 0.2) is 5.82 Å². The van der Waals surface area contributed by atoms with E-state index in [9.17, 15) is 4.79 Å². The highest BCUT2D eigenvalue weighted by Crippen LogP contribution is 2.14. The molecule has 2 heterocycles. The molecule has 0 unspecified atom stereocenters. The van der Waals surface area contributed by atoms with Crippen molar-refractivity contribution in [3.8, 4) is 0 Å². The topological polar surface area (TPSA) is 48.6 Å². The predicted molar refractivity (Wildman–Crippen MR) is 101 cm³/mol. The fraction of sp³-hybridized carbons (Fsp3) is 0.333. The molecule has 1 N–H and O–H groups in total. The van der Waals surface area contributed by atoms with E-state index in [2.05, 4.69) is 19.1 Å². The highest BCUT2D eigenvalue weighted by atomic mass is 16.5. The Morgan fingerprint density at radius 1 is 1.08 bits per heavy atom. The van der Waals surface area contributed by atoms with E-state index in [-0.39, 0.29) is 11.6 Å². The third kappa shape index (κ3) is 3.28. The molecule has 0 bridgehead atoms. The van der Waals surface area contributed by atoms with Gasteiger partial charge < -0.3 is 9.64 Å². The number of morpholine rings is 1. The summed E-state index contributed by atoms with van der Waals surface area (Å²) in [6.07, 6.45) is 0. The first-order valence-corrected chi connectivity index (χ1v) is 9.20. The number of para-hydroxylation sites is 1. The number of nitrogens with one attached hydrogen (secondary N) is 1. The molecule has 4 rings (SSSR count). The van der Waals surface area contributed by atoms with Crippen LogP contribution >= 0.6 is 0 Å². The van der Waals surface area contributed by atoms with E-state index >= 15 is 0 Å². The second kappa shape index (κ2) is 7.40. The van der Waals surface area contributed by atoms with Crippen molar-refractivity contribution in [1.82, 2.24) is 9.55 Å². The molecule has 5 heteroatoms. The Morgan fingerprint density at radius 3 is 2.54 bits per heavy atom. The number of aromatic nitrogens is 2. The predicted octanol–water partition coefficient (Wildman–Crippen LogP) is 1.42. The molecule has 3 aromatic rings. The first kappa shape index (κ1) is 16.9. The molecule has 134 valence electrons. The summed E-state index contributed by atoms with van der Waals surface area (Å²) < 4.78 is 7.35. The fourth-order valence-corrected chi connectivity index (χ4v) is 3.68. The number of hydrogen-bond acceptors (Lipinski definition) is 3. The maximum atomic E-state index is 13.2. The average molecular weight is 350 g/mol. The first-order valence-electron chi connectivity index (χ1n) is 9.20. The van der Waals surface area contributed by atoms with Crippen molar-refractivity contribution in [3.05, 3.63) is 76.3 Å². The Bertz CT molecular complexity index is 946. The van der Waals surface area contributed by atoms with Crippen LogP contribution in [-0.2, 0) is 11.3 Å². The van der Waals surface area contributed by atoms with Gasteiger partial charge in [-0.2, -0.15) is 0 Å². The molecule has 26 heavy (non-hydrogen) atoms. The first-order chi connectivity index (χ1) is 12.7. The van der Waals surface area contributed by atoms with E-state index < -0.39 is 0 Å². The zero-order valence-corrected chi connectivity index (χ0v) is 15.0. The highest BCUT2D eigenvalue weighted by Gasteiger charge is 2.27. The summed E-state index contributed by atoms with van der Waals surface area (Å²) in [5.41, 5.74) is 1.92. The van der Waals surface area contributed by atoms with E-state index in [4.69, 9.17) is 9.72 Å². The number of quaternary nitrogens is 1. The summed E-state index contributed by atoms with van der Waals surface area (Å²) in [4.78, 5) is 19.6. The van der Waals surface area contributed by atoms with Crippen LogP contribution < -0.4 is 10.5 Å². The molecule has 2 aromatic carbocycles. The molecule has 1 aromatic heterocycles. The standard InChI is InChI=1S/C21H23N3O2/c1-16(23-11-13-26-14-12-23)20-22-19-10-6-5-9-18(19)21(25)24(20)15-17-7-3-2-4-8-17/h2-10,16H,11-15H2,1H3/p+1/t16-/m0/s1. The summed E-state index contributed by atoms with van der Waals surface area (Å²) in [5.74, 6) is 0.856. The molecule has 0 radical (unpaired) electrons. The molecule has 1 fully saturated rings. The summed E-state index contributed by atoms with van der Waals surface area (Å²) in [5, 5.41) is 0.677. The van der Waals surface area contributed by atoms with E-state index in [0.29, 0.717) is 11.9 Å². The van der Waals surface area contributed by atoms with Crippen molar-refractivity contribution >= 4 is 10.9 Å². The van der Waals surface area contributed by atoms with Crippen LogP contribution in [0.4, 0.5) is 0 Å². The van der Waals surface area contributed by atoms with Crippen molar-refractivity contribution in [2.75, 3.05) is 26.3 Å². The summed E-state index contributed by atoms with van der Waals surface area (Å²) >= 11 is 0. The number of rotatable bonds is 4. The average Bonchev–Trinajstić information content (AvgIpc) is 2.71. The minimum atomic E-state index is 0.0361. The van der Waals surface area contributed by atoms with Gasteiger partial charge in [0.25, 0.3) is 5.56 Å². The lowest BCUT2D eigenvalue weighted by Crippen LogP contribution is -3.14. The van der Waals surface area contributed by atoms with Crippen molar-refractivity contribution in [1.29, 1.82) is 0 Å². The second-order valence-electron chi connectivity index (χ2n) is 6.86. The smallest absolute Gasteiger partial charge is 0.261 e. The van der Waals surface area contributed by atoms with Crippen molar-refractivity contribution < 1.29 is 9.64 Å². The lowest BCUT2D eigenvalue weighted by atomic mass is 10.1. The van der Waals surface area contributed by atoms with Gasteiger partial charge in [0.2, 0.25) is 0 Å². The zero-order valence-electron chi connectivity index (χ0n) is 15.0. The van der Waals surface area contributed by atoms with Crippen molar-refractivity contribution in [2.24, 2.45) is 0 Å². The molecule has 0 aliphatic carbocycles. The van der Waals surface area contributed by atoms with Crippen LogP contribution in [-0.4, -0.2) is 35.9 Å². The lowest BCUT2D eigenvalue weighted by Gasteiger charge is -2.30. The summed E-state index contributed by atoms with van der Waals surface area (Å²) in [6.45, 7) is 6.11. The van der Waals surface area contributed by atoms with Gasteiger partial charge in [-0.05, 0) is 24.6 Å². The molecule has 1 saturated heterocycles. The van der Waals surface area contributed by atoms with Gasteiger partial charge in [-0.1, -0.05) is 42.5 Å². The largest absolute Gasteiger partial charge is 0.370 e. The minimum absolute atomic E-state index is 0.0361. The van der Waals surface area contributed by atoms with Crippen LogP contribution in [0.25, 0.3) is 10.9 Å². The molecule has 1 aliphatic rings. The molecule has 0 spiro atoms. The van der Waals surface area contributed by atoms with Gasteiger partial charge >= 0.3 is 0 Å². The van der Waals surface area contributed by atoms with Crippen molar-refractivity contribution in [3.63, 3.8) is 0 Å². The quantitative estimate of drug-likeness (QED) is 0.774. The number of nitrogens with zero attached hydrogens (tertiary/aromatic N) is 2. The molecule has 0 saturated carbocycles. The van der Waals surface area contributed by atoms with Crippen LogP contribution in [0.15, 0.2) is 59.4 Å². The Morgan fingerprint density at radius 2 is 1.77 bits per heavy atom. The van der Waals surface area contributed by atoms with Crippen LogP contribution in [0.2, 0.25) is 0 Å². The molecule has 0 amide bonds. The van der Waals surface area contributed by atoms with E-state index in [0.717, 1.165) is 43.2 Å². The highest BCUT2D eigenvalue weighted by molar-refractivity contribution is 5.77. The monoisotopic (exact) mass is 350 g/mol. The lowest BCUT2D eigenvalue weighted by molar-refractivity contribution is -0.937. The number of benzene rings is 2. The van der Waals surface area contributed by atoms with Crippen LogP contribution in [0.1, 0.15) is 24.4 Å². The second-order valence-corrected chi connectivity index (χ2v) is 6.86.